The maximum Gasteiger partial charge on any atom is 0.0621 e. The molecular weight excluding hydrogens is 418 g/mol. The molecule has 0 N–H and O–H groups in total. The lowest BCUT2D eigenvalue weighted by atomic mass is 10.0. The summed E-state index contributed by atoms with van der Waals surface area (Å²) in [4.78, 5) is 3.87. The number of halogens is 1. The van der Waals surface area contributed by atoms with Crippen LogP contribution in [0, 0.1) is 0 Å². The summed E-state index contributed by atoms with van der Waals surface area (Å²) in [5.74, 6) is 0. The summed E-state index contributed by atoms with van der Waals surface area (Å²) in [6.07, 6.45) is 15.4. The summed E-state index contributed by atoms with van der Waals surface area (Å²) in [6, 6.07) is 4.42. The Morgan fingerprint density at radius 1 is 1.14 bits per heavy atom. The van der Waals surface area contributed by atoms with Gasteiger partial charge in [0.25, 0.3) is 0 Å². The van der Waals surface area contributed by atoms with Gasteiger partial charge in [-0.25, -0.2) is 0 Å². The molecule has 5 rings (SSSR count). The van der Waals surface area contributed by atoms with E-state index < -0.39 is 0 Å². The van der Waals surface area contributed by atoms with Gasteiger partial charge in [-0.2, -0.15) is 0 Å². The fourth-order valence-corrected chi connectivity index (χ4v) is 6.92. The van der Waals surface area contributed by atoms with E-state index >= 15 is 0 Å². The first-order chi connectivity index (χ1) is 14.3. The van der Waals surface area contributed by atoms with Crippen molar-refractivity contribution < 1.29 is 4.74 Å². The molecule has 0 amide bonds. The third-order valence-electron chi connectivity index (χ3n) is 5.95. The number of nitrogens with zero attached hydrogens (tertiary/aromatic N) is 1. The molecule has 0 aromatic carbocycles. The Bertz CT molecular complexity index is 925. The Morgan fingerprint density at radius 2 is 2.03 bits per heavy atom. The largest absolute Gasteiger partial charge is 0.379 e. The van der Waals surface area contributed by atoms with E-state index in [-0.39, 0.29) is 0 Å². The molecule has 0 saturated carbocycles. The molecule has 1 fully saturated rings. The quantitative estimate of drug-likeness (QED) is 0.478. The monoisotopic (exact) mass is 443 g/mol. The normalized spacial score (nSPS) is 24.2. The lowest BCUT2D eigenvalue weighted by Crippen LogP contribution is -2.33. The number of thioether (sulfide) groups is 1. The van der Waals surface area contributed by atoms with Gasteiger partial charge in [-0.3, -0.25) is 0 Å². The van der Waals surface area contributed by atoms with E-state index in [2.05, 4.69) is 47.4 Å². The molecule has 0 aromatic heterocycles. The van der Waals surface area contributed by atoms with Crippen LogP contribution in [-0.2, 0) is 4.74 Å². The van der Waals surface area contributed by atoms with E-state index in [9.17, 15) is 0 Å². The standard InChI is InChI=1S/C24H26ClNOS2/c25-19-13-18-14-22-21(23(18)28-16-19)6-4-5-17-7-8-20(29-24(17)22)15-27-12-11-26-9-2-1-3-10-26/h4-8,13-14,16,20,24H,1-3,9-12,15H2. The number of fused-ring (bicyclic) bond motifs is 5. The zero-order valence-corrected chi connectivity index (χ0v) is 18.9. The highest BCUT2D eigenvalue weighted by Crippen LogP contribution is 2.50. The van der Waals surface area contributed by atoms with Crippen molar-refractivity contribution in [3.63, 3.8) is 0 Å². The molecule has 2 atom stereocenters. The summed E-state index contributed by atoms with van der Waals surface area (Å²) >= 11 is 10.0. The predicted octanol–water partition coefficient (Wildman–Crippen LogP) is 6.67. The second-order valence-corrected chi connectivity index (χ2v) is 10.6. The van der Waals surface area contributed by atoms with Crippen molar-refractivity contribution in [2.24, 2.45) is 0 Å². The summed E-state index contributed by atoms with van der Waals surface area (Å²) in [7, 11) is 0. The number of hydrogen-bond donors (Lipinski definition) is 0. The van der Waals surface area contributed by atoms with E-state index in [1.54, 1.807) is 11.3 Å². The van der Waals surface area contributed by atoms with E-state index in [0.717, 1.165) is 24.8 Å². The Balaban J connectivity index is 1.27. The number of rotatable bonds is 5. The number of piperidine rings is 1. The van der Waals surface area contributed by atoms with Crippen LogP contribution in [0.15, 0.2) is 47.4 Å². The highest BCUT2D eigenvalue weighted by Gasteiger charge is 2.29. The second kappa shape index (κ2) is 8.99. The van der Waals surface area contributed by atoms with Gasteiger partial charge in [0.15, 0.2) is 0 Å². The topological polar surface area (TPSA) is 12.5 Å². The fourth-order valence-electron chi connectivity index (χ4n) is 4.45. The maximum atomic E-state index is 6.25. The van der Waals surface area contributed by atoms with Crippen LogP contribution in [0.3, 0.4) is 0 Å². The predicted molar refractivity (Wildman–Crippen MR) is 127 cm³/mol. The van der Waals surface area contributed by atoms with Crippen LogP contribution in [0.25, 0.3) is 16.5 Å². The average molecular weight is 444 g/mol. The van der Waals surface area contributed by atoms with Crippen LogP contribution in [0.4, 0.5) is 0 Å². The van der Waals surface area contributed by atoms with Gasteiger partial charge in [-0.05, 0) is 60.3 Å². The van der Waals surface area contributed by atoms with Gasteiger partial charge in [0.2, 0.25) is 0 Å². The number of ether oxygens (including phenoxy) is 1. The summed E-state index contributed by atoms with van der Waals surface area (Å²) in [6.45, 7) is 5.17. The van der Waals surface area contributed by atoms with Gasteiger partial charge in [0.05, 0.1) is 23.5 Å². The van der Waals surface area contributed by atoms with Crippen molar-refractivity contribution in [3.8, 4) is 10.4 Å². The minimum atomic E-state index is 0.360. The van der Waals surface area contributed by atoms with E-state index in [4.69, 9.17) is 16.3 Å². The summed E-state index contributed by atoms with van der Waals surface area (Å²) < 4.78 is 6.09. The zero-order valence-electron chi connectivity index (χ0n) is 16.5. The molecule has 29 heavy (non-hydrogen) atoms. The van der Waals surface area contributed by atoms with Crippen molar-refractivity contribution in [1.29, 1.82) is 0 Å². The van der Waals surface area contributed by atoms with Gasteiger partial charge in [-0.15, -0.1) is 23.1 Å². The molecule has 2 unspecified atom stereocenters. The van der Waals surface area contributed by atoms with Crippen molar-refractivity contribution >= 4 is 40.8 Å². The highest BCUT2D eigenvalue weighted by atomic mass is 35.5. The first-order valence-electron chi connectivity index (χ1n) is 10.5. The fraction of sp³-hybridized carbons (Fsp3) is 0.417. The first kappa shape index (κ1) is 19.9. The molecule has 0 aromatic rings. The van der Waals surface area contributed by atoms with Crippen LogP contribution < -0.4 is 0 Å². The molecule has 2 aliphatic carbocycles. The minimum Gasteiger partial charge on any atom is -0.379 e. The number of likely N-dealkylation sites (tertiary alicyclic amines) is 1. The molecule has 1 saturated heterocycles. The van der Waals surface area contributed by atoms with Gasteiger partial charge in [0.1, 0.15) is 0 Å². The van der Waals surface area contributed by atoms with E-state index in [1.165, 1.54) is 59.5 Å². The first-order valence-corrected chi connectivity index (χ1v) is 12.7. The summed E-state index contributed by atoms with van der Waals surface area (Å²) in [5, 5.41) is 3.61. The van der Waals surface area contributed by atoms with Gasteiger partial charge >= 0.3 is 0 Å². The molecule has 0 radical (unpaired) electrons. The van der Waals surface area contributed by atoms with Crippen LogP contribution in [0.1, 0.15) is 35.6 Å². The average Bonchev–Trinajstić information content (AvgIpc) is 3.00. The van der Waals surface area contributed by atoms with Gasteiger partial charge in [0, 0.05) is 22.1 Å². The van der Waals surface area contributed by atoms with Crippen LogP contribution in [0.2, 0.25) is 5.02 Å². The SMILES string of the molecule is Clc1csc2c3c(cc-2c1)C1SC(COCCN2CCCCC2)C=CC1=CC=C3. The Labute approximate surface area is 186 Å². The van der Waals surface area contributed by atoms with E-state index in [0.29, 0.717) is 10.5 Å². The van der Waals surface area contributed by atoms with Crippen LogP contribution >= 0.6 is 34.7 Å². The number of hydrogen-bond acceptors (Lipinski definition) is 4. The Kier molecular flexibility index (Phi) is 6.17. The molecule has 5 aliphatic rings. The summed E-state index contributed by atoms with van der Waals surface area (Å²) in [5.41, 5.74) is 5.39. The van der Waals surface area contributed by atoms with Crippen molar-refractivity contribution in [1.82, 2.24) is 4.90 Å². The molecule has 0 bridgehead atoms. The minimum absolute atomic E-state index is 0.360. The van der Waals surface area contributed by atoms with Crippen molar-refractivity contribution in [2.45, 2.75) is 29.8 Å². The second-order valence-electron chi connectivity index (χ2n) is 7.98. The molecule has 3 aliphatic heterocycles. The van der Waals surface area contributed by atoms with Crippen LogP contribution in [-0.4, -0.2) is 43.0 Å². The smallest absolute Gasteiger partial charge is 0.0621 e. The number of allylic oxidation sites excluding steroid dienone is 3. The van der Waals surface area contributed by atoms with E-state index in [1.807, 2.05) is 17.1 Å². The zero-order chi connectivity index (χ0) is 19.6. The van der Waals surface area contributed by atoms with Crippen molar-refractivity contribution in [3.05, 3.63) is 63.5 Å². The molecule has 152 valence electrons. The lowest BCUT2D eigenvalue weighted by Gasteiger charge is -2.28. The molecule has 0 spiro atoms. The Hall–Kier alpha value is -1.04. The third-order valence-corrected chi connectivity index (χ3v) is 8.80. The van der Waals surface area contributed by atoms with Gasteiger partial charge in [-0.1, -0.05) is 48.4 Å². The highest BCUT2D eigenvalue weighted by molar-refractivity contribution is 8.00. The third kappa shape index (κ3) is 4.38. The Morgan fingerprint density at radius 3 is 2.93 bits per heavy atom. The lowest BCUT2D eigenvalue weighted by molar-refractivity contribution is 0.101. The molecule has 5 heteroatoms. The van der Waals surface area contributed by atoms with Crippen LogP contribution in [0.5, 0.6) is 0 Å². The maximum absolute atomic E-state index is 6.25. The molecule has 2 nitrogen and oxygen atoms in total. The van der Waals surface area contributed by atoms with Gasteiger partial charge < -0.3 is 9.64 Å². The van der Waals surface area contributed by atoms with Crippen molar-refractivity contribution in [2.75, 3.05) is 32.8 Å². The molecule has 3 heterocycles. The molecular formula is C24H26ClNOS2.